The number of aryl methyl sites for hydroxylation is 2. The first-order chi connectivity index (χ1) is 12.0. The number of aromatic amines is 1. The minimum absolute atomic E-state index is 0.0107. The van der Waals surface area contributed by atoms with Gasteiger partial charge in [-0.2, -0.15) is 0 Å². The maximum atomic E-state index is 12.6. The van der Waals surface area contributed by atoms with Gasteiger partial charge < -0.3 is 19.5 Å². The Labute approximate surface area is 147 Å². The number of carbonyl (C=O) groups excluding carboxylic acids is 2. The van der Waals surface area contributed by atoms with E-state index in [2.05, 4.69) is 4.98 Å². The molecule has 2 heterocycles. The van der Waals surface area contributed by atoms with Crippen molar-refractivity contribution in [2.45, 2.75) is 13.8 Å². The molecule has 3 rings (SSSR count). The standard InChI is InChI=1S/C19H23N3O3/c1-13-12-17(14(2)20-13)19(24)22-10-8-21(9-11-22)18(23)15-4-6-16(25-3)7-5-15/h4-7,12,20H,8-11H2,1-3H3. The van der Waals surface area contributed by atoms with Gasteiger partial charge in [0.15, 0.2) is 0 Å². The average molecular weight is 341 g/mol. The predicted octanol–water partition coefficient (Wildman–Crippen LogP) is 2.24. The number of benzene rings is 1. The molecule has 0 spiro atoms. The molecule has 6 nitrogen and oxygen atoms in total. The van der Waals surface area contributed by atoms with Crippen LogP contribution < -0.4 is 4.74 Å². The van der Waals surface area contributed by atoms with E-state index in [4.69, 9.17) is 4.74 Å². The third kappa shape index (κ3) is 3.52. The van der Waals surface area contributed by atoms with Crippen LogP contribution in [0.25, 0.3) is 0 Å². The number of H-pyrrole nitrogens is 1. The van der Waals surface area contributed by atoms with Crippen molar-refractivity contribution in [1.29, 1.82) is 0 Å². The second-order valence-corrected chi connectivity index (χ2v) is 6.30. The molecule has 1 aromatic carbocycles. The van der Waals surface area contributed by atoms with E-state index in [0.717, 1.165) is 17.1 Å². The van der Waals surface area contributed by atoms with Crippen LogP contribution in [0.1, 0.15) is 32.1 Å². The molecule has 1 fully saturated rings. The topological polar surface area (TPSA) is 65.6 Å². The van der Waals surface area contributed by atoms with Gasteiger partial charge >= 0.3 is 0 Å². The van der Waals surface area contributed by atoms with Gasteiger partial charge in [0, 0.05) is 43.1 Å². The van der Waals surface area contributed by atoms with E-state index in [-0.39, 0.29) is 11.8 Å². The van der Waals surface area contributed by atoms with E-state index >= 15 is 0 Å². The van der Waals surface area contributed by atoms with E-state index in [1.165, 1.54) is 0 Å². The van der Waals surface area contributed by atoms with Crippen molar-refractivity contribution in [3.05, 3.63) is 52.8 Å². The molecule has 0 unspecified atom stereocenters. The molecule has 0 radical (unpaired) electrons. The van der Waals surface area contributed by atoms with Crippen molar-refractivity contribution in [3.8, 4) is 5.75 Å². The average Bonchev–Trinajstić information content (AvgIpc) is 2.99. The normalized spacial score (nSPS) is 14.5. The van der Waals surface area contributed by atoms with Crippen molar-refractivity contribution in [2.75, 3.05) is 33.3 Å². The van der Waals surface area contributed by atoms with Crippen molar-refractivity contribution < 1.29 is 14.3 Å². The number of hydrogen-bond acceptors (Lipinski definition) is 3. The highest BCUT2D eigenvalue weighted by Crippen LogP contribution is 2.17. The number of methoxy groups -OCH3 is 1. The number of nitrogens with one attached hydrogen (secondary N) is 1. The summed E-state index contributed by atoms with van der Waals surface area (Å²) in [7, 11) is 1.60. The number of piperazine rings is 1. The number of hydrogen-bond donors (Lipinski definition) is 1. The molecular weight excluding hydrogens is 318 g/mol. The lowest BCUT2D eigenvalue weighted by atomic mass is 10.1. The van der Waals surface area contributed by atoms with E-state index < -0.39 is 0 Å². The molecule has 132 valence electrons. The fraction of sp³-hybridized carbons (Fsp3) is 0.368. The molecule has 0 saturated carbocycles. The fourth-order valence-electron chi connectivity index (χ4n) is 3.15. The van der Waals surface area contributed by atoms with Gasteiger partial charge in [0.1, 0.15) is 5.75 Å². The Balaban J connectivity index is 1.62. The number of ether oxygens (including phenoxy) is 1. The zero-order chi connectivity index (χ0) is 18.0. The maximum absolute atomic E-state index is 12.6. The van der Waals surface area contributed by atoms with Gasteiger partial charge in [-0.1, -0.05) is 0 Å². The Morgan fingerprint density at radius 2 is 1.52 bits per heavy atom. The monoisotopic (exact) mass is 341 g/mol. The largest absolute Gasteiger partial charge is 0.497 e. The summed E-state index contributed by atoms with van der Waals surface area (Å²) in [4.78, 5) is 32.0. The molecule has 1 aromatic heterocycles. The second-order valence-electron chi connectivity index (χ2n) is 6.30. The summed E-state index contributed by atoms with van der Waals surface area (Å²) in [6.07, 6.45) is 0. The van der Waals surface area contributed by atoms with Crippen molar-refractivity contribution >= 4 is 11.8 Å². The number of rotatable bonds is 3. The van der Waals surface area contributed by atoms with Crippen molar-refractivity contribution in [1.82, 2.24) is 14.8 Å². The molecule has 2 amide bonds. The van der Waals surface area contributed by atoms with Gasteiger partial charge in [-0.05, 0) is 44.2 Å². The van der Waals surface area contributed by atoms with Crippen LogP contribution in [0.2, 0.25) is 0 Å². The van der Waals surface area contributed by atoms with Gasteiger partial charge in [0.2, 0.25) is 0 Å². The van der Waals surface area contributed by atoms with Gasteiger partial charge in [0.05, 0.1) is 12.7 Å². The first kappa shape index (κ1) is 17.1. The van der Waals surface area contributed by atoms with Crippen LogP contribution in [0.3, 0.4) is 0 Å². The Kier molecular flexibility index (Phi) is 4.79. The molecule has 25 heavy (non-hydrogen) atoms. The van der Waals surface area contributed by atoms with Gasteiger partial charge in [-0.3, -0.25) is 9.59 Å². The zero-order valence-electron chi connectivity index (χ0n) is 14.8. The SMILES string of the molecule is COc1ccc(C(=O)N2CCN(C(=O)c3cc(C)[nH]c3C)CC2)cc1. The molecule has 1 saturated heterocycles. The van der Waals surface area contributed by atoms with E-state index in [1.54, 1.807) is 36.3 Å². The lowest BCUT2D eigenvalue weighted by molar-refractivity contribution is 0.0535. The third-order valence-corrected chi connectivity index (χ3v) is 4.57. The summed E-state index contributed by atoms with van der Waals surface area (Å²) < 4.78 is 5.12. The number of aromatic nitrogens is 1. The molecule has 0 aliphatic carbocycles. The van der Waals surface area contributed by atoms with Gasteiger partial charge in [-0.25, -0.2) is 0 Å². The summed E-state index contributed by atoms with van der Waals surface area (Å²) in [5.74, 6) is 0.742. The summed E-state index contributed by atoms with van der Waals surface area (Å²) >= 11 is 0. The zero-order valence-corrected chi connectivity index (χ0v) is 14.8. The van der Waals surface area contributed by atoms with Crippen LogP contribution in [0.15, 0.2) is 30.3 Å². The second kappa shape index (κ2) is 7.01. The quantitative estimate of drug-likeness (QED) is 0.931. The molecule has 1 aliphatic rings. The maximum Gasteiger partial charge on any atom is 0.255 e. The predicted molar refractivity (Wildman–Crippen MR) is 95.1 cm³/mol. The van der Waals surface area contributed by atoms with Crippen molar-refractivity contribution in [2.24, 2.45) is 0 Å². The highest BCUT2D eigenvalue weighted by molar-refractivity contribution is 5.96. The van der Waals surface area contributed by atoms with Gasteiger partial charge in [-0.15, -0.1) is 0 Å². The van der Waals surface area contributed by atoms with E-state index in [9.17, 15) is 9.59 Å². The summed E-state index contributed by atoms with van der Waals surface area (Å²) in [6.45, 7) is 6.02. The number of carbonyl (C=O) groups is 2. The lowest BCUT2D eigenvalue weighted by Crippen LogP contribution is -2.50. The Hall–Kier alpha value is -2.76. The smallest absolute Gasteiger partial charge is 0.255 e. The van der Waals surface area contributed by atoms with Crippen LogP contribution >= 0.6 is 0 Å². The number of nitrogens with zero attached hydrogens (tertiary/aromatic N) is 2. The van der Waals surface area contributed by atoms with Crippen LogP contribution in [0.5, 0.6) is 5.75 Å². The molecule has 1 aliphatic heterocycles. The van der Waals surface area contributed by atoms with Crippen LogP contribution in [-0.4, -0.2) is 59.9 Å². The van der Waals surface area contributed by atoms with Crippen LogP contribution in [-0.2, 0) is 0 Å². The molecule has 6 heteroatoms. The van der Waals surface area contributed by atoms with Crippen LogP contribution in [0, 0.1) is 13.8 Å². The summed E-state index contributed by atoms with van der Waals surface area (Å²) in [5, 5.41) is 0. The molecule has 0 atom stereocenters. The summed E-state index contributed by atoms with van der Waals surface area (Å²) in [6, 6.07) is 8.98. The Morgan fingerprint density at radius 1 is 0.960 bits per heavy atom. The molecule has 1 N–H and O–H groups in total. The number of amides is 2. The third-order valence-electron chi connectivity index (χ3n) is 4.57. The Bertz CT molecular complexity index is 772. The lowest BCUT2D eigenvalue weighted by Gasteiger charge is -2.34. The molecular formula is C19H23N3O3. The fourth-order valence-corrected chi connectivity index (χ4v) is 3.15. The van der Waals surface area contributed by atoms with E-state index in [0.29, 0.717) is 37.3 Å². The minimum Gasteiger partial charge on any atom is -0.497 e. The minimum atomic E-state index is -0.0107. The summed E-state index contributed by atoms with van der Waals surface area (Å²) in [5.41, 5.74) is 3.22. The van der Waals surface area contributed by atoms with Crippen molar-refractivity contribution in [3.63, 3.8) is 0 Å². The first-order valence-electron chi connectivity index (χ1n) is 8.38. The van der Waals surface area contributed by atoms with E-state index in [1.807, 2.05) is 24.8 Å². The first-order valence-corrected chi connectivity index (χ1v) is 8.38. The Morgan fingerprint density at radius 3 is 2.00 bits per heavy atom. The highest BCUT2D eigenvalue weighted by atomic mass is 16.5. The van der Waals surface area contributed by atoms with Crippen LogP contribution in [0.4, 0.5) is 0 Å². The molecule has 0 bridgehead atoms. The van der Waals surface area contributed by atoms with Gasteiger partial charge in [0.25, 0.3) is 11.8 Å². The molecule has 2 aromatic rings. The highest BCUT2D eigenvalue weighted by Gasteiger charge is 2.26.